The summed E-state index contributed by atoms with van der Waals surface area (Å²) in [4.78, 5) is 22.8. The zero-order chi connectivity index (χ0) is 14.0. The molecule has 100 valence electrons. The second-order valence-corrected chi connectivity index (χ2v) is 4.45. The number of fused-ring (bicyclic) bond motifs is 1. The zero-order valence-electron chi connectivity index (χ0n) is 10.9. The quantitative estimate of drug-likeness (QED) is 0.878. The van der Waals surface area contributed by atoms with Gasteiger partial charge in [0.05, 0.1) is 11.4 Å². The van der Waals surface area contributed by atoms with Gasteiger partial charge in [-0.1, -0.05) is 13.8 Å². The van der Waals surface area contributed by atoms with E-state index in [1.165, 1.54) is 6.92 Å². The Balaban J connectivity index is 2.40. The summed E-state index contributed by atoms with van der Waals surface area (Å²) in [5.74, 6) is -0.496. The molecule has 2 rings (SSSR count). The van der Waals surface area contributed by atoms with Gasteiger partial charge in [-0.2, -0.15) is 0 Å². The zero-order valence-corrected chi connectivity index (χ0v) is 10.9. The molecule has 1 aromatic carbocycles. The molecule has 0 saturated carbocycles. The predicted molar refractivity (Wildman–Crippen MR) is 69.6 cm³/mol. The van der Waals surface area contributed by atoms with Crippen molar-refractivity contribution in [2.24, 2.45) is 5.92 Å². The van der Waals surface area contributed by atoms with Crippen LogP contribution in [-0.2, 0) is 9.59 Å². The van der Waals surface area contributed by atoms with Gasteiger partial charge in [0, 0.05) is 12.8 Å². The van der Waals surface area contributed by atoms with Crippen molar-refractivity contribution in [3.8, 4) is 0 Å². The van der Waals surface area contributed by atoms with Gasteiger partial charge in [0.1, 0.15) is 0 Å². The number of amides is 2. The first kappa shape index (κ1) is 13.0. The monoisotopic (exact) mass is 262 g/mol. The maximum atomic E-state index is 11.7. The predicted octanol–water partition coefficient (Wildman–Crippen LogP) is 1.78. The van der Waals surface area contributed by atoms with Crippen LogP contribution >= 0.6 is 0 Å². The lowest BCUT2D eigenvalue weighted by atomic mass is 10.2. The van der Waals surface area contributed by atoms with Crippen LogP contribution < -0.4 is 10.6 Å². The maximum Gasteiger partial charge on any atom is 0.226 e. The number of anilines is 2. The van der Waals surface area contributed by atoms with Crippen LogP contribution in [0.4, 0.5) is 11.4 Å². The number of nitrogens with one attached hydrogen (secondary N) is 2. The van der Waals surface area contributed by atoms with E-state index in [1.54, 1.807) is 26.0 Å². The Morgan fingerprint density at radius 1 is 1.11 bits per heavy atom. The minimum Gasteiger partial charge on any atom is -0.324 e. The lowest BCUT2D eigenvalue weighted by Crippen LogP contribution is -2.18. The number of carbonyl (C=O) groups excluding carboxylic acids is 2. The lowest BCUT2D eigenvalue weighted by Gasteiger charge is -2.09. The fourth-order valence-corrected chi connectivity index (χ4v) is 1.53. The van der Waals surface area contributed by atoms with Gasteiger partial charge in [0.15, 0.2) is 11.0 Å². The van der Waals surface area contributed by atoms with Crippen molar-refractivity contribution >= 4 is 34.2 Å². The third-order valence-electron chi connectivity index (χ3n) is 2.51. The third-order valence-corrected chi connectivity index (χ3v) is 2.51. The first-order chi connectivity index (χ1) is 8.99. The molecule has 0 saturated heterocycles. The molecule has 0 spiro atoms. The normalized spacial score (nSPS) is 10.7. The van der Waals surface area contributed by atoms with E-state index in [0.717, 1.165) is 0 Å². The molecule has 1 heterocycles. The fraction of sp³-hybridized carbons (Fsp3) is 0.333. The first-order valence-corrected chi connectivity index (χ1v) is 5.82. The Morgan fingerprint density at radius 3 is 2.11 bits per heavy atom. The van der Waals surface area contributed by atoms with Gasteiger partial charge in [-0.25, -0.2) is 4.63 Å². The summed E-state index contributed by atoms with van der Waals surface area (Å²) in [6.45, 7) is 4.98. The molecule has 19 heavy (non-hydrogen) atoms. The van der Waals surface area contributed by atoms with Gasteiger partial charge in [-0.15, -0.1) is 0 Å². The van der Waals surface area contributed by atoms with Crippen LogP contribution in [0.1, 0.15) is 20.8 Å². The highest BCUT2D eigenvalue weighted by molar-refractivity contribution is 6.05. The molecule has 0 bridgehead atoms. The first-order valence-electron chi connectivity index (χ1n) is 5.82. The molecule has 1 aromatic heterocycles. The Morgan fingerprint density at radius 2 is 1.63 bits per heavy atom. The lowest BCUT2D eigenvalue weighted by molar-refractivity contribution is -0.119. The van der Waals surface area contributed by atoms with Crippen molar-refractivity contribution < 1.29 is 14.2 Å². The van der Waals surface area contributed by atoms with E-state index in [4.69, 9.17) is 0 Å². The number of rotatable bonds is 3. The van der Waals surface area contributed by atoms with E-state index in [0.29, 0.717) is 22.4 Å². The van der Waals surface area contributed by atoms with Crippen molar-refractivity contribution in [1.29, 1.82) is 0 Å². The summed E-state index contributed by atoms with van der Waals surface area (Å²) < 4.78 is 4.67. The number of hydrogen-bond donors (Lipinski definition) is 2. The number of aromatic nitrogens is 2. The molecular formula is C12H14N4O3. The van der Waals surface area contributed by atoms with Crippen LogP contribution in [-0.4, -0.2) is 22.1 Å². The maximum absolute atomic E-state index is 11.7. The minimum absolute atomic E-state index is 0.128. The topological polar surface area (TPSA) is 97.1 Å². The van der Waals surface area contributed by atoms with E-state index >= 15 is 0 Å². The Kier molecular flexibility index (Phi) is 3.46. The fourth-order valence-electron chi connectivity index (χ4n) is 1.53. The molecule has 7 heteroatoms. The highest BCUT2D eigenvalue weighted by Crippen LogP contribution is 2.27. The van der Waals surface area contributed by atoms with Crippen molar-refractivity contribution in [1.82, 2.24) is 10.3 Å². The molecule has 0 atom stereocenters. The highest BCUT2D eigenvalue weighted by atomic mass is 16.6. The van der Waals surface area contributed by atoms with Crippen molar-refractivity contribution in [3.63, 3.8) is 0 Å². The van der Waals surface area contributed by atoms with Gasteiger partial charge >= 0.3 is 0 Å². The van der Waals surface area contributed by atoms with Gasteiger partial charge in [0.2, 0.25) is 11.8 Å². The molecule has 0 radical (unpaired) electrons. The average Bonchev–Trinajstić information content (AvgIpc) is 2.81. The van der Waals surface area contributed by atoms with Crippen LogP contribution in [0.5, 0.6) is 0 Å². The number of hydrogen-bond acceptors (Lipinski definition) is 5. The molecule has 0 unspecified atom stereocenters. The molecule has 2 aromatic rings. The minimum atomic E-state index is -0.219. The smallest absolute Gasteiger partial charge is 0.226 e. The molecule has 0 fully saturated rings. The Hall–Kier alpha value is -2.44. The van der Waals surface area contributed by atoms with Crippen LogP contribution in [0.3, 0.4) is 0 Å². The third kappa shape index (κ3) is 2.70. The van der Waals surface area contributed by atoms with E-state index in [2.05, 4.69) is 25.6 Å². The number of nitrogens with zero attached hydrogens (tertiary/aromatic N) is 2. The summed E-state index contributed by atoms with van der Waals surface area (Å²) in [7, 11) is 0. The van der Waals surface area contributed by atoms with Crippen LogP contribution in [0.2, 0.25) is 0 Å². The van der Waals surface area contributed by atoms with E-state index in [1.807, 2.05) is 0 Å². The Bertz CT molecular complexity index is 633. The molecule has 2 N–H and O–H groups in total. The van der Waals surface area contributed by atoms with Crippen molar-refractivity contribution in [2.75, 3.05) is 10.6 Å². The molecule has 7 nitrogen and oxygen atoms in total. The average molecular weight is 262 g/mol. The molecule has 2 amide bonds. The van der Waals surface area contributed by atoms with E-state index in [-0.39, 0.29) is 17.7 Å². The molecule has 0 aliphatic heterocycles. The van der Waals surface area contributed by atoms with E-state index < -0.39 is 0 Å². The molecule has 0 aliphatic rings. The molecular weight excluding hydrogens is 248 g/mol. The van der Waals surface area contributed by atoms with Gasteiger partial charge in [0.25, 0.3) is 0 Å². The van der Waals surface area contributed by atoms with Gasteiger partial charge in [-0.05, 0) is 22.4 Å². The van der Waals surface area contributed by atoms with Crippen molar-refractivity contribution in [3.05, 3.63) is 12.1 Å². The van der Waals surface area contributed by atoms with E-state index in [9.17, 15) is 9.59 Å². The van der Waals surface area contributed by atoms with Gasteiger partial charge in [-0.3, -0.25) is 9.59 Å². The SMILES string of the molecule is CC(=O)Nc1ccc(NC(=O)C(C)C)c2nonc12. The summed E-state index contributed by atoms with van der Waals surface area (Å²) in [5.41, 5.74) is 1.80. The second kappa shape index (κ2) is 5.05. The van der Waals surface area contributed by atoms with Crippen LogP contribution in [0.25, 0.3) is 11.0 Å². The summed E-state index contributed by atoms with van der Waals surface area (Å²) in [5, 5.41) is 12.8. The van der Waals surface area contributed by atoms with Gasteiger partial charge < -0.3 is 10.6 Å². The largest absolute Gasteiger partial charge is 0.324 e. The number of benzene rings is 1. The summed E-state index contributed by atoms with van der Waals surface area (Å²) in [6.07, 6.45) is 0. The molecule has 0 aliphatic carbocycles. The number of carbonyl (C=O) groups is 2. The summed E-state index contributed by atoms with van der Waals surface area (Å²) in [6, 6.07) is 3.29. The summed E-state index contributed by atoms with van der Waals surface area (Å²) >= 11 is 0. The highest BCUT2D eigenvalue weighted by Gasteiger charge is 2.15. The standard InChI is InChI=1S/C12H14N4O3/c1-6(2)12(18)14-9-5-4-8(13-7(3)17)10-11(9)16-19-15-10/h4-6H,1-3H3,(H,13,17)(H,14,18). The van der Waals surface area contributed by atoms with Crippen LogP contribution in [0.15, 0.2) is 16.8 Å². The van der Waals surface area contributed by atoms with Crippen LogP contribution in [0, 0.1) is 5.92 Å². The second-order valence-electron chi connectivity index (χ2n) is 4.45. The van der Waals surface area contributed by atoms with Crippen molar-refractivity contribution in [2.45, 2.75) is 20.8 Å². The Labute approximate surface area is 109 Å².